The highest BCUT2D eigenvalue weighted by Crippen LogP contribution is 2.38. The maximum atomic E-state index is 12.1. The first-order valence-corrected chi connectivity index (χ1v) is 5.64. The second kappa shape index (κ2) is 3.26. The molecule has 9 nitrogen and oxygen atoms in total. The first kappa shape index (κ1) is 10.8. The largest absolute Gasteiger partial charge is 0.387 e. The van der Waals surface area contributed by atoms with Crippen molar-refractivity contribution in [2.24, 2.45) is 0 Å². The maximum absolute atomic E-state index is 12.1. The molecule has 0 amide bonds. The van der Waals surface area contributed by atoms with Crippen molar-refractivity contribution in [1.29, 1.82) is 0 Å². The standard InChI is InChI=1S/C10H9N5O4/c11-7-2-8(13-1-12-7)15-9(14-2)5(18)6-3(16)4(17)10(15)19-6/h1,3-4,6,10,16-17H,(H2,11,12,13)/t3-,4+,6-,10+/m0/s1. The monoisotopic (exact) mass is 263 g/mol. The second-order valence-electron chi connectivity index (χ2n) is 4.53. The molecule has 4 atom stereocenters. The van der Waals surface area contributed by atoms with Gasteiger partial charge in [-0.1, -0.05) is 0 Å². The number of anilines is 1. The smallest absolute Gasteiger partial charge is 0.229 e. The van der Waals surface area contributed by atoms with Gasteiger partial charge >= 0.3 is 0 Å². The Bertz CT molecular complexity index is 713. The van der Waals surface area contributed by atoms with Gasteiger partial charge in [0.15, 0.2) is 35.1 Å². The number of aliphatic hydroxyl groups is 2. The van der Waals surface area contributed by atoms with Gasteiger partial charge < -0.3 is 20.7 Å². The minimum atomic E-state index is -1.27. The fraction of sp³-hybridized carbons (Fsp3) is 0.400. The van der Waals surface area contributed by atoms with E-state index in [1.807, 2.05) is 0 Å². The zero-order valence-electron chi connectivity index (χ0n) is 9.46. The summed E-state index contributed by atoms with van der Waals surface area (Å²) in [7, 11) is 0. The predicted molar refractivity (Wildman–Crippen MR) is 60.0 cm³/mol. The summed E-state index contributed by atoms with van der Waals surface area (Å²) in [6.45, 7) is 0. The summed E-state index contributed by atoms with van der Waals surface area (Å²) >= 11 is 0. The summed E-state index contributed by atoms with van der Waals surface area (Å²) in [4.78, 5) is 24.1. The predicted octanol–water partition coefficient (Wildman–Crippen LogP) is -1.78. The van der Waals surface area contributed by atoms with Crippen LogP contribution in [0.3, 0.4) is 0 Å². The van der Waals surface area contributed by atoms with Crippen LogP contribution in [0.15, 0.2) is 6.33 Å². The van der Waals surface area contributed by atoms with Crippen molar-refractivity contribution in [2.45, 2.75) is 24.5 Å². The van der Waals surface area contributed by atoms with E-state index in [1.165, 1.54) is 10.9 Å². The summed E-state index contributed by atoms with van der Waals surface area (Å²) in [5.74, 6) is -0.289. The quantitative estimate of drug-likeness (QED) is 0.507. The molecule has 0 saturated carbocycles. The Morgan fingerprint density at radius 2 is 2.11 bits per heavy atom. The molecule has 0 aromatic carbocycles. The first-order valence-electron chi connectivity index (χ1n) is 5.64. The van der Waals surface area contributed by atoms with Crippen LogP contribution in [0.5, 0.6) is 0 Å². The molecule has 98 valence electrons. The number of Topliss-reactive ketones (excluding diaryl/α,β-unsaturated/α-hetero) is 1. The molecule has 0 radical (unpaired) electrons. The van der Waals surface area contributed by atoms with Crippen molar-refractivity contribution in [2.75, 3.05) is 5.73 Å². The molecule has 2 aliphatic rings. The van der Waals surface area contributed by atoms with Crippen LogP contribution < -0.4 is 5.73 Å². The van der Waals surface area contributed by atoms with E-state index in [1.54, 1.807) is 0 Å². The molecule has 2 aromatic rings. The SMILES string of the molecule is Nc1ncnc2c1nc1n2[C@@H]2O[C@H](C1=O)[C@@H](O)[C@H]2O. The lowest BCUT2D eigenvalue weighted by Gasteiger charge is -2.22. The van der Waals surface area contributed by atoms with Gasteiger partial charge in [0.1, 0.15) is 18.5 Å². The topological polar surface area (TPSA) is 136 Å². The molecular weight excluding hydrogens is 254 g/mol. The third kappa shape index (κ3) is 1.14. The summed E-state index contributed by atoms with van der Waals surface area (Å²) in [6.07, 6.45) is -3.25. The highest BCUT2D eigenvalue weighted by molar-refractivity contribution is 6.01. The minimum absolute atomic E-state index is 0.0686. The van der Waals surface area contributed by atoms with Crippen molar-refractivity contribution in [3.8, 4) is 0 Å². The van der Waals surface area contributed by atoms with E-state index >= 15 is 0 Å². The number of fused-ring (bicyclic) bond motifs is 6. The van der Waals surface area contributed by atoms with Crippen molar-refractivity contribution < 1.29 is 19.7 Å². The summed E-state index contributed by atoms with van der Waals surface area (Å²) < 4.78 is 6.69. The van der Waals surface area contributed by atoms with Crippen LogP contribution in [-0.4, -0.2) is 53.8 Å². The third-order valence-corrected chi connectivity index (χ3v) is 3.48. The number of hydrogen-bond donors (Lipinski definition) is 3. The van der Waals surface area contributed by atoms with Gasteiger partial charge in [-0.25, -0.2) is 15.0 Å². The van der Waals surface area contributed by atoms with E-state index < -0.39 is 30.3 Å². The van der Waals surface area contributed by atoms with E-state index in [0.717, 1.165) is 0 Å². The van der Waals surface area contributed by atoms with Gasteiger partial charge in [0.25, 0.3) is 0 Å². The highest BCUT2D eigenvalue weighted by Gasteiger charge is 2.53. The molecule has 2 bridgehead atoms. The van der Waals surface area contributed by atoms with Gasteiger partial charge in [0, 0.05) is 0 Å². The number of aromatic nitrogens is 4. The number of rotatable bonds is 0. The average molecular weight is 263 g/mol. The van der Waals surface area contributed by atoms with Crippen molar-refractivity contribution in [3.63, 3.8) is 0 Å². The molecule has 4 rings (SSSR count). The molecule has 0 unspecified atom stereocenters. The van der Waals surface area contributed by atoms with Crippen molar-refractivity contribution in [3.05, 3.63) is 12.2 Å². The van der Waals surface area contributed by atoms with Crippen LogP contribution >= 0.6 is 0 Å². The number of carbonyl (C=O) groups is 1. The number of aliphatic hydroxyl groups excluding tert-OH is 2. The Morgan fingerprint density at radius 1 is 1.32 bits per heavy atom. The molecule has 0 spiro atoms. The van der Waals surface area contributed by atoms with E-state index in [4.69, 9.17) is 10.5 Å². The highest BCUT2D eigenvalue weighted by atomic mass is 16.6. The molecule has 9 heteroatoms. The molecule has 1 saturated heterocycles. The van der Waals surface area contributed by atoms with Gasteiger partial charge in [0.2, 0.25) is 5.78 Å². The molecule has 2 aliphatic heterocycles. The first-order chi connectivity index (χ1) is 9.09. The van der Waals surface area contributed by atoms with Crippen molar-refractivity contribution in [1.82, 2.24) is 19.5 Å². The molecule has 4 N–H and O–H groups in total. The van der Waals surface area contributed by atoms with Gasteiger partial charge in [-0.05, 0) is 0 Å². The Balaban J connectivity index is 2.06. The van der Waals surface area contributed by atoms with Gasteiger partial charge in [-0.3, -0.25) is 9.36 Å². The minimum Gasteiger partial charge on any atom is -0.387 e. The lowest BCUT2D eigenvalue weighted by atomic mass is 10.1. The maximum Gasteiger partial charge on any atom is 0.229 e. The fourth-order valence-corrected chi connectivity index (χ4v) is 2.56. The average Bonchev–Trinajstić information content (AvgIpc) is 2.89. The molecule has 19 heavy (non-hydrogen) atoms. The van der Waals surface area contributed by atoms with Crippen LogP contribution in [0.1, 0.15) is 16.8 Å². The van der Waals surface area contributed by atoms with E-state index in [9.17, 15) is 15.0 Å². The fourth-order valence-electron chi connectivity index (χ4n) is 2.56. The Hall–Kier alpha value is -2.10. The molecule has 4 heterocycles. The lowest BCUT2D eigenvalue weighted by molar-refractivity contribution is -0.0399. The second-order valence-corrected chi connectivity index (χ2v) is 4.53. The van der Waals surface area contributed by atoms with Crippen LogP contribution in [0, 0.1) is 0 Å². The van der Waals surface area contributed by atoms with Crippen LogP contribution in [0.4, 0.5) is 5.82 Å². The number of ether oxygens (including phenoxy) is 1. The van der Waals surface area contributed by atoms with E-state index in [0.29, 0.717) is 5.65 Å². The number of imidazole rings is 1. The Kier molecular flexibility index (Phi) is 1.85. The molecule has 0 aliphatic carbocycles. The van der Waals surface area contributed by atoms with Crippen LogP contribution in [-0.2, 0) is 4.74 Å². The third-order valence-electron chi connectivity index (χ3n) is 3.48. The van der Waals surface area contributed by atoms with Gasteiger partial charge in [0.05, 0.1) is 0 Å². The normalized spacial score (nSPS) is 32.8. The van der Waals surface area contributed by atoms with Gasteiger partial charge in [-0.15, -0.1) is 0 Å². The molecule has 1 fully saturated rings. The summed E-state index contributed by atoms with van der Waals surface area (Å²) in [5, 5.41) is 19.7. The zero-order valence-corrected chi connectivity index (χ0v) is 9.46. The number of nitrogens with two attached hydrogens (primary N) is 1. The van der Waals surface area contributed by atoms with E-state index in [-0.39, 0.29) is 17.2 Å². The van der Waals surface area contributed by atoms with Crippen LogP contribution in [0.25, 0.3) is 11.2 Å². The zero-order chi connectivity index (χ0) is 13.3. The number of hydrogen-bond acceptors (Lipinski definition) is 8. The summed E-state index contributed by atoms with van der Waals surface area (Å²) in [5.41, 5.74) is 6.26. The van der Waals surface area contributed by atoms with Gasteiger partial charge in [-0.2, -0.15) is 0 Å². The molecule has 2 aromatic heterocycles. The van der Waals surface area contributed by atoms with Crippen molar-refractivity contribution >= 4 is 22.8 Å². The molecular formula is C10H9N5O4. The Labute approximate surface area is 105 Å². The summed E-state index contributed by atoms with van der Waals surface area (Å²) in [6, 6.07) is 0. The lowest BCUT2D eigenvalue weighted by Crippen LogP contribution is -2.36. The number of nitrogen functional groups attached to an aromatic ring is 1. The Morgan fingerprint density at radius 3 is 2.89 bits per heavy atom. The van der Waals surface area contributed by atoms with E-state index in [2.05, 4.69) is 15.0 Å². The number of nitrogens with zero attached hydrogens (tertiary/aromatic N) is 4. The number of ketones is 1. The number of carbonyl (C=O) groups excluding carboxylic acids is 1. The van der Waals surface area contributed by atoms with Crippen LogP contribution in [0.2, 0.25) is 0 Å².